The van der Waals surface area contributed by atoms with Gasteiger partial charge in [0.15, 0.2) is 0 Å². The first kappa shape index (κ1) is 15.4. The molecule has 2 aromatic carbocycles. The Kier molecular flexibility index (Phi) is 5.35. The van der Waals surface area contributed by atoms with Crippen molar-refractivity contribution in [2.45, 2.75) is 23.7 Å². The second kappa shape index (κ2) is 7.65. The number of ether oxygens (including phenoxy) is 1. The van der Waals surface area contributed by atoms with Crippen molar-refractivity contribution in [1.29, 1.82) is 0 Å². The van der Waals surface area contributed by atoms with Gasteiger partial charge in [0.2, 0.25) is 0 Å². The van der Waals surface area contributed by atoms with Gasteiger partial charge in [-0.15, -0.1) is 0 Å². The molecule has 0 atom stereocenters. The fraction of sp³-hybridized carbons (Fsp3) is 0.333. The Morgan fingerprint density at radius 3 is 2.36 bits per heavy atom. The molecule has 1 N–H and O–H groups in total. The van der Waals surface area contributed by atoms with Gasteiger partial charge in [-0.3, -0.25) is 0 Å². The monoisotopic (exact) mass is 317 g/mol. The van der Waals surface area contributed by atoms with Crippen molar-refractivity contribution in [2.24, 2.45) is 0 Å². The van der Waals surface area contributed by atoms with Crippen molar-refractivity contribution < 1.29 is 9.13 Å². The maximum absolute atomic E-state index is 12.8. The van der Waals surface area contributed by atoms with Gasteiger partial charge in [-0.05, 0) is 73.8 Å². The predicted molar refractivity (Wildman–Crippen MR) is 89.0 cm³/mol. The molecule has 0 saturated carbocycles. The molecule has 3 rings (SSSR count). The van der Waals surface area contributed by atoms with E-state index in [1.807, 2.05) is 12.1 Å². The summed E-state index contributed by atoms with van der Waals surface area (Å²) >= 11 is 1.56. The van der Waals surface area contributed by atoms with E-state index in [1.165, 1.54) is 30.5 Å². The van der Waals surface area contributed by atoms with Crippen LogP contribution in [0.4, 0.5) is 4.39 Å². The average Bonchev–Trinajstić information content (AvgIpc) is 2.58. The van der Waals surface area contributed by atoms with E-state index in [4.69, 9.17) is 4.74 Å². The molecule has 1 aliphatic heterocycles. The molecule has 4 heteroatoms. The molecule has 0 unspecified atom stereocenters. The zero-order chi connectivity index (χ0) is 15.2. The van der Waals surface area contributed by atoms with Crippen LogP contribution in [0.1, 0.15) is 24.3 Å². The molecular weight excluding hydrogens is 297 g/mol. The van der Waals surface area contributed by atoms with Crippen LogP contribution in [-0.2, 0) is 0 Å². The molecule has 1 aliphatic rings. The van der Waals surface area contributed by atoms with Crippen molar-refractivity contribution in [3.63, 3.8) is 0 Å². The number of nitrogens with one attached hydrogen (secondary N) is 1. The highest BCUT2D eigenvalue weighted by Gasteiger charge is 2.14. The smallest absolute Gasteiger partial charge is 0.138 e. The van der Waals surface area contributed by atoms with Crippen molar-refractivity contribution >= 4 is 11.8 Å². The largest absolute Gasteiger partial charge is 0.483 e. The van der Waals surface area contributed by atoms with Crippen molar-refractivity contribution in [3.8, 4) is 5.75 Å². The van der Waals surface area contributed by atoms with E-state index < -0.39 is 0 Å². The van der Waals surface area contributed by atoms with Gasteiger partial charge in [0.25, 0.3) is 0 Å². The van der Waals surface area contributed by atoms with Crippen LogP contribution in [0.5, 0.6) is 5.75 Å². The van der Waals surface area contributed by atoms with E-state index >= 15 is 0 Å². The second-order valence-corrected chi connectivity index (χ2v) is 6.45. The average molecular weight is 317 g/mol. The minimum atomic E-state index is -0.209. The maximum Gasteiger partial charge on any atom is 0.138 e. The number of thioether (sulfide) groups is 1. The molecule has 2 nitrogen and oxygen atoms in total. The van der Waals surface area contributed by atoms with Crippen LogP contribution in [0.3, 0.4) is 0 Å². The van der Waals surface area contributed by atoms with Crippen LogP contribution in [0.15, 0.2) is 53.4 Å². The van der Waals surface area contributed by atoms with Crippen LogP contribution in [0.25, 0.3) is 0 Å². The summed E-state index contributed by atoms with van der Waals surface area (Å²) in [5.41, 5.74) is 1.40. The third kappa shape index (κ3) is 4.24. The van der Waals surface area contributed by atoms with Crippen LogP contribution >= 0.6 is 11.8 Å². The van der Waals surface area contributed by atoms with E-state index in [9.17, 15) is 4.39 Å². The fourth-order valence-corrected chi connectivity index (χ4v) is 3.35. The SMILES string of the molecule is Fc1ccc(SCOc2ccc(C3CCNCC3)cc2)cc1. The highest BCUT2D eigenvalue weighted by molar-refractivity contribution is 7.99. The van der Waals surface area contributed by atoms with Crippen LogP contribution in [0.2, 0.25) is 0 Å². The minimum absolute atomic E-state index is 0.209. The summed E-state index contributed by atoms with van der Waals surface area (Å²) in [6.07, 6.45) is 2.42. The summed E-state index contributed by atoms with van der Waals surface area (Å²) in [6.45, 7) is 2.22. The quantitative estimate of drug-likeness (QED) is 0.651. The maximum atomic E-state index is 12.8. The zero-order valence-corrected chi connectivity index (χ0v) is 13.2. The molecule has 1 saturated heterocycles. The van der Waals surface area contributed by atoms with Gasteiger partial charge in [0, 0.05) is 4.90 Å². The summed E-state index contributed by atoms with van der Waals surface area (Å²) in [4.78, 5) is 1.01. The van der Waals surface area contributed by atoms with Gasteiger partial charge in [-0.25, -0.2) is 4.39 Å². The highest BCUT2D eigenvalue weighted by Crippen LogP contribution is 2.27. The molecule has 0 aromatic heterocycles. The van der Waals surface area contributed by atoms with E-state index in [-0.39, 0.29) is 5.82 Å². The summed E-state index contributed by atoms with van der Waals surface area (Å²) in [7, 11) is 0. The summed E-state index contributed by atoms with van der Waals surface area (Å²) in [5.74, 6) is 1.87. The first-order valence-corrected chi connectivity index (χ1v) is 8.62. The molecule has 1 heterocycles. The standard InChI is InChI=1S/C18H20FNOS/c19-16-3-7-18(8-4-16)22-13-21-17-5-1-14(2-6-17)15-9-11-20-12-10-15/h1-8,15,20H,9-13H2. The molecule has 0 amide bonds. The Labute approximate surface area is 135 Å². The topological polar surface area (TPSA) is 21.3 Å². The van der Waals surface area contributed by atoms with Gasteiger partial charge in [-0.1, -0.05) is 23.9 Å². The molecule has 0 radical (unpaired) electrons. The van der Waals surface area contributed by atoms with Gasteiger partial charge in [0.1, 0.15) is 17.5 Å². The predicted octanol–water partition coefficient (Wildman–Crippen LogP) is 4.42. The van der Waals surface area contributed by atoms with E-state index in [0.717, 1.165) is 23.7 Å². The molecule has 1 fully saturated rings. The number of benzene rings is 2. The van der Waals surface area contributed by atoms with Gasteiger partial charge >= 0.3 is 0 Å². The van der Waals surface area contributed by atoms with Crippen LogP contribution in [0, 0.1) is 5.82 Å². The lowest BCUT2D eigenvalue weighted by Crippen LogP contribution is -2.26. The summed E-state index contributed by atoms with van der Waals surface area (Å²) in [5, 5.41) is 3.39. The van der Waals surface area contributed by atoms with Crippen molar-refractivity contribution in [3.05, 3.63) is 59.9 Å². The first-order valence-electron chi connectivity index (χ1n) is 7.63. The molecule has 2 aromatic rings. The number of halogens is 1. The number of hydrogen-bond acceptors (Lipinski definition) is 3. The Morgan fingerprint density at radius 1 is 1.00 bits per heavy atom. The Morgan fingerprint density at radius 2 is 1.68 bits per heavy atom. The fourth-order valence-electron chi connectivity index (χ4n) is 2.69. The molecular formula is C18H20FNOS. The van der Waals surface area contributed by atoms with E-state index in [2.05, 4.69) is 17.4 Å². The van der Waals surface area contributed by atoms with Gasteiger partial charge in [0.05, 0.1) is 0 Å². The molecule has 116 valence electrons. The third-order valence-electron chi connectivity index (χ3n) is 3.96. The number of hydrogen-bond donors (Lipinski definition) is 1. The highest BCUT2D eigenvalue weighted by atomic mass is 32.2. The van der Waals surface area contributed by atoms with Crippen LogP contribution < -0.4 is 10.1 Å². The van der Waals surface area contributed by atoms with E-state index in [1.54, 1.807) is 23.9 Å². The summed E-state index contributed by atoms with van der Waals surface area (Å²) in [6, 6.07) is 14.9. The van der Waals surface area contributed by atoms with Gasteiger partial charge < -0.3 is 10.1 Å². The van der Waals surface area contributed by atoms with Crippen LogP contribution in [-0.4, -0.2) is 19.0 Å². The second-order valence-electron chi connectivity index (χ2n) is 5.45. The Bertz CT molecular complexity index is 579. The van der Waals surface area contributed by atoms with E-state index in [0.29, 0.717) is 11.9 Å². The Hall–Kier alpha value is -1.52. The lowest BCUT2D eigenvalue weighted by atomic mass is 9.90. The van der Waals surface area contributed by atoms with Gasteiger partial charge in [-0.2, -0.15) is 0 Å². The zero-order valence-electron chi connectivity index (χ0n) is 12.4. The first-order chi connectivity index (χ1) is 10.8. The molecule has 22 heavy (non-hydrogen) atoms. The van der Waals surface area contributed by atoms with Crippen molar-refractivity contribution in [1.82, 2.24) is 5.32 Å². The lowest BCUT2D eigenvalue weighted by Gasteiger charge is -2.23. The lowest BCUT2D eigenvalue weighted by molar-refractivity contribution is 0.392. The van der Waals surface area contributed by atoms with Crippen molar-refractivity contribution in [2.75, 3.05) is 19.0 Å². The third-order valence-corrected chi connectivity index (χ3v) is 4.80. The Balaban J connectivity index is 1.49. The number of piperidine rings is 1. The molecule has 0 bridgehead atoms. The summed E-state index contributed by atoms with van der Waals surface area (Å²) < 4.78 is 18.6. The minimum Gasteiger partial charge on any atom is -0.483 e. The normalized spacial score (nSPS) is 15.7. The molecule has 0 aliphatic carbocycles. The number of rotatable bonds is 5. The molecule has 0 spiro atoms.